The number of carboxylic acids is 1. The average Bonchev–Trinajstić information content (AvgIpc) is 3.68. The van der Waals surface area contributed by atoms with Crippen LogP contribution in [0, 0.1) is 11.8 Å². The molecule has 1 fully saturated rings. The maximum absolute atomic E-state index is 14.8. The highest BCUT2D eigenvalue weighted by Gasteiger charge is 2.38. The second-order valence-electron chi connectivity index (χ2n) is 15.5. The Labute approximate surface area is 328 Å². The highest BCUT2D eigenvalue weighted by Crippen LogP contribution is 2.35. The number of aliphatic hydroxyl groups is 1. The van der Waals surface area contributed by atoms with Gasteiger partial charge in [0, 0.05) is 30.4 Å². The lowest BCUT2D eigenvalue weighted by atomic mass is 9.80. The van der Waals surface area contributed by atoms with Crippen molar-refractivity contribution in [3.05, 3.63) is 81.3 Å². The Morgan fingerprint density at radius 1 is 1.09 bits per heavy atom. The van der Waals surface area contributed by atoms with Crippen molar-refractivity contribution in [2.75, 3.05) is 20.7 Å². The lowest BCUT2D eigenvalue weighted by molar-refractivity contribution is -0.143. The number of carboxylic acid groups (broad SMARTS) is 1. The van der Waals surface area contributed by atoms with Crippen LogP contribution in [0.2, 0.25) is 0 Å². The number of hydrogen-bond donors (Lipinski definition) is 4. The first kappa shape index (κ1) is 41.8. The number of carbonyl (C=O) groups is 4. The molecule has 55 heavy (non-hydrogen) atoms. The molecule has 0 radical (unpaired) electrons. The van der Waals surface area contributed by atoms with Gasteiger partial charge in [0.25, 0.3) is 5.91 Å². The highest BCUT2D eigenvalue weighted by molar-refractivity contribution is 7.09. The third-order valence-corrected chi connectivity index (χ3v) is 12.3. The molecule has 298 valence electrons. The Bertz CT molecular complexity index is 1780. The van der Waals surface area contributed by atoms with E-state index in [1.165, 1.54) is 18.4 Å². The number of methoxy groups -OCH3 is 1. The third kappa shape index (κ3) is 10.3. The van der Waals surface area contributed by atoms with E-state index in [9.17, 15) is 29.4 Å². The van der Waals surface area contributed by atoms with E-state index in [0.717, 1.165) is 36.9 Å². The van der Waals surface area contributed by atoms with E-state index in [1.807, 2.05) is 76.0 Å². The summed E-state index contributed by atoms with van der Waals surface area (Å²) >= 11 is 1.17. The van der Waals surface area contributed by atoms with Crippen LogP contribution < -0.4 is 15.4 Å². The zero-order valence-electron chi connectivity index (χ0n) is 32.9. The fourth-order valence-electron chi connectivity index (χ4n) is 7.86. The van der Waals surface area contributed by atoms with E-state index in [4.69, 9.17) is 4.74 Å². The molecule has 7 atom stereocenters. The number of benzene rings is 2. The number of amides is 3. The van der Waals surface area contributed by atoms with Crippen LogP contribution >= 0.6 is 11.3 Å². The van der Waals surface area contributed by atoms with Crippen LogP contribution in [0.15, 0.2) is 53.9 Å². The van der Waals surface area contributed by atoms with E-state index < -0.39 is 42.0 Å². The topological polar surface area (TPSA) is 161 Å². The zero-order chi connectivity index (χ0) is 39.8. The van der Waals surface area contributed by atoms with Crippen molar-refractivity contribution in [3.8, 4) is 5.75 Å². The maximum atomic E-state index is 14.8. The van der Waals surface area contributed by atoms with Crippen molar-refractivity contribution in [2.24, 2.45) is 11.8 Å². The number of nitrogens with zero attached hydrogens (tertiary/aromatic N) is 3. The number of ether oxygens (including phenoxy) is 1. The van der Waals surface area contributed by atoms with Gasteiger partial charge >= 0.3 is 5.97 Å². The van der Waals surface area contributed by atoms with E-state index >= 15 is 0 Å². The molecule has 0 unspecified atom stereocenters. The molecule has 12 nitrogen and oxygen atoms in total. The molecule has 2 aliphatic rings. The fraction of sp³-hybridized carbons (Fsp3) is 0.548. The lowest BCUT2D eigenvalue weighted by Crippen LogP contribution is -2.58. The summed E-state index contributed by atoms with van der Waals surface area (Å²) in [6, 6.07) is 13.2. The third-order valence-electron chi connectivity index (χ3n) is 11.4. The molecule has 3 amide bonds. The maximum Gasteiger partial charge on any atom is 0.311 e. The predicted octanol–water partition coefficient (Wildman–Crippen LogP) is 5.56. The second kappa shape index (κ2) is 19.0. The Morgan fingerprint density at radius 2 is 1.84 bits per heavy atom. The van der Waals surface area contributed by atoms with Gasteiger partial charge in [-0.25, -0.2) is 4.98 Å². The standard InChI is InChI=1S/C42H57N5O7S/c1-7-26(4)37(45-39(50)34-15-11-12-18-46(34)5)41(51)47(23-27-13-9-8-10-14-27)35(25(2)3)22-36(48)40-44-33(24-55-40)38(49)43-29-19-28-16-17-30(54-6)21-31(28)32(20-29)42(52)53/h8-10,13-14,16-17,21,24-26,29,32,34-37,48H,7,11-12,15,18-20,22-23H2,1-6H3,(H,43,49)(H,45,50)(H,52,53)/t26-,29-,32+,34+,35+,36+,37-/m0/s1. The van der Waals surface area contributed by atoms with Crippen molar-refractivity contribution < 1.29 is 34.1 Å². The zero-order valence-corrected chi connectivity index (χ0v) is 33.7. The number of aliphatic carboxylic acids is 1. The summed E-state index contributed by atoms with van der Waals surface area (Å²) < 4.78 is 5.30. The number of aliphatic hydroxyl groups excluding tert-OH is 1. The summed E-state index contributed by atoms with van der Waals surface area (Å²) in [6.45, 7) is 9.16. The van der Waals surface area contributed by atoms with Gasteiger partial charge in [0.05, 0.1) is 19.1 Å². The number of carbonyl (C=O) groups excluding carboxylic acids is 3. The molecule has 2 aromatic carbocycles. The number of likely N-dealkylation sites (tertiary alicyclic amines) is 1. The number of aromatic nitrogens is 1. The molecule has 5 rings (SSSR count). The van der Waals surface area contributed by atoms with Crippen LogP contribution in [0.4, 0.5) is 0 Å². The molecular weight excluding hydrogens is 719 g/mol. The van der Waals surface area contributed by atoms with Crippen molar-refractivity contribution in [2.45, 2.75) is 115 Å². The Balaban J connectivity index is 1.33. The molecule has 0 spiro atoms. The minimum atomic E-state index is -1.08. The summed E-state index contributed by atoms with van der Waals surface area (Å²) in [4.78, 5) is 62.5. The minimum absolute atomic E-state index is 0.0702. The van der Waals surface area contributed by atoms with Crippen LogP contribution in [0.1, 0.15) is 110 Å². The Kier molecular flexibility index (Phi) is 14.5. The molecule has 1 aromatic heterocycles. The smallest absolute Gasteiger partial charge is 0.311 e. The van der Waals surface area contributed by atoms with Gasteiger partial charge in [0.1, 0.15) is 28.6 Å². The van der Waals surface area contributed by atoms with Crippen LogP contribution in [0.25, 0.3) is 0 Å². The molecule has 4 N–H and O–H groups in total. The molecule has 2 heterocycles. The molecule has 1 aliphatic heterocycles. The first-order chi connectivity index (χ1) is 26.3. The first-order valence-corrected chi connectivity index (χ1v) is 20.4. The number of rotatable bonds is 16. The van der Waals surface area contributed by atoms with Gasteiger partial charge in [0.15, 0.2) is 0 Å². The molecule has 13 heteroatoms. The Morgan fingerprint density at radius 3 is 2.49 bits per heavy atom. The second-order valence-corrected chi connectivity index (χ2v) is 16.4. The molecule has 0 saturated carbocycles. The summed E-state index contributed by atoms with van der Waals surface area (Å²) in [5.74, 6) is -2.16. The lowest BCUT2D eigenvalue weighted by Gasteiger charge is -2.40. The molecule has 1 aliphatic carbocycles. The quantitative estimate of drug-likeness (QED) is 0.146. The first-order valence-electron chi connectivity index (χ1n) is 19.5. The number of piperidine rings is 1. The molecular formula is C42H57N5O7S. The van der Waals surface area contributed by atoms with E-state index in [2.05, 4.69) is 20.5 Å². The van der Waals surface area contributed by atoms with Gasteiger partial charge in [0.2, 0.25) is 11.8 Å². The Hall–Kier alpha value is -4.33. The van der Waals surface area contributed by atoms with Gasteiger partial charge in [-0.3, -0.25) is 24.1 Å². The number of fused-ring (bicyclic) bond motifs is 1. The van der Waals surface area contributed by atoms with Crippen molar-refractivity contribution in [1.29, 1.82) is 0 Å². The van der Waals surface area contributed by atoms with Crippen molar-refractivity contribution >= 4 is 35.0 Å². The normalized spacial score (nSPS) is 20.8. The van der Waals surface area contributed by atoms with Gasteiger partial charge in [-0.1, -0.05) is 76.9 Å². The summed E-state index contributed by atoms with van der Waals surface area (Å²) in [7, 11) is 3.49. The summed E-state index contributed by atoms with van der Waals surface area (Å²) in [5, 5.41) is 29.7. The number of hydrogen-bond acceptors (Lipinski definition) is 9. The van der Waals surface area contributed by atoms with Gasteiger partial charge < -0.3 is 30.5 Å². The predicted molar refractivity (Wildman–Crippen MR) is 212 cm³/mol. The van der Waals surface area contributed by atoms with E-state index in [1.54, 1.807) is 17.5 Å². The van der Waals surface area contributed by atoms with Gasteiger partial charge in [-0.15, -0.1) is 11.3 Å². The van der Waals surface area contributed by atoms with Crippen LogP contribution in [-0.2, 0) is 27.3 Å². The molecule has 1 saturated heterocycles. The number of nitrogens with one attached hydrogen (secondary N) is 2. The van der Waals surface area contributed by atoms with Gasteiger partial charge in [-0.05, 0) is 79.9 Å². The van der Waals surface area contributed by atoms with Crippen LogP contribution in [0.5, 0.6) is 5.75 Å². The molecule has 0 bridgehead atoms. The highest BCUT2D eigenvalue weighted by atomic mass is 32.1. The number of thiazole rings is 1. The van der Waals surface area contributed by atoms with Crippen LogP contribution in [-0.4, -0.2) is 93.6 Å². The van der Waals surface area contributed by atoms with Crippen molar-refractivity contribution in [1.82, 2.24) is 25.4 Å². The summed E-state index contributed by atoms with van der Waals surface area (Å²) in [5.41, 5.74) is 2.59. The molecule has 3 aromatic rings. The van der Waals surface area contributed by atoms with E-state index in [-0.39, 0.29) is 48.2 Å². The SMILES string of the molecule is CC[C@H](C)[C@H](NC(=O)[C@H]1CCCCN1C)C(=O)N(Cc1ccccc1)[C@H](C[C@@H](O)c1nc(C(=O)N[C@H]2Cc3ccc(OC)cc3[C@H](C(=O)O)C2)cs1)C(C)C. The van der Waals surface area contributed by atoms with Crippen molar-refractivity contribution in [3.63, 3.8) is 0 Å². The summed E-state index contributed by atoms with van der Waals surface area (Å²) in [6.07, 6.45) is 3.22. The largest absolute Gasteiger partial charge is 0.497 e. The monoisotopic (exact) mass is 775 g/mol. The van der Waals surface area contributed by atoms with Crippen LogP contribution in [0.3, 0.4) is 0 Å². The average molecular weight is 776 g/mol. The fourth-order valence-corrected chi connectivity index (χ4v) is 8.66. The minimum Gasteiger partial charge on any atom is -0.497 e. The van der Waals surface area contributed by atoms with E-state index in [0.29, 0.717) is 35.7 Å². The number of likely N-dealkylation sites (N-methyl/N-ethyl adjacent to an activating group) is 1. The van der Waals surface area contributed by atoms with Gasteiger partial charge in [-0.2, -0.15) is 0 Å².